The smallest absolute Gasteiger partial charge is 0.290 e. The minimum atomic E-state index is -0.287. The van der Waals surface area contributed by atoms with E-state index >= 15 is 0 Å². The van der Waals surface area contributed by atoms with E-state index in [4.69, 9.17) is 9.47 Å². The number of aliphatic imine (C=N–C) groups is 1. The number of likely N-dealkylation sites (N-methyl/N-ethyl adjacent to an activating group) is 1. The Labute approximate surface area is 211 Å². The molecule has 0 saturated heterocycles. The molecule has 8 heteroatoms. The highest BCUT2D eigenvalue weighted by molar-refractivity contribution is 5.92. The third-order valence-electron chi connectivity index (χ3n) is 5.12. The van der Waals surface area contributed by atoms with E-state index in [0.717, 1.165) is 63.6 Å². The Balaban J connectivity index is 2.37. The van der Waals surface area contributed by atoms with Crippen molar-refractivity contribution in [2.24, 2.45) is 10.9 Å². The van der Waals surface area contributed by atoms with Crippen molar-refractivity contribution in [1.82, 2.24) is 21.3 Å². The first-order chi connectivity index (χ1) is 17.0. The lowest BCUT2D eigenvalue weighted by atomic mass is 9.97. The molecule has 1 aliphatic rings. The van der Waals surface area contributed by atoms with E-state index in [1.807, 2.05) is 19.9 Å². The first-order valence-electron chi connectivity index (χ1n) is 12.6. The number of nitrogens with zero attached hydrogens (tertiary/aromatic N) is 1. The second-order valence-electron chi connectivity index (χ2n) is 8.17. The van der Waals surface area contributed by atoms with Crippen molar-refractivity contribution in [1.29, 1.82) is 0 Å². The number of nitrogens with one attached hydrogen (secondary N) is 4. The lowest BCUT2D eigenvalue weighted by Crippen LogP contribution is -2.26. The van der Waals surface area contributed by atoms with Gasteiger partial charge < -0.3 is 30.7 Å². The van der Waals surface area contributed by atoms with Gasteiger partial charge in [-0.15, -0.1) is 0 Å². The standard InChI is InChI=1S/C27H45N5O3/c1-6-26(35-21-25-11-9-24(10-12-25)20-30-17-18-34-8-3)27(33)32-23(5)19-29-14-13-22(4)31-16-15-28-7-2/h6,9,11-14,19,24,28,30-31H,7-8,10,15-18,20-21H2,1-5H3,(H,32,33)/b22-13+,23-19+,26-6-,29-14+. The summed E-state index contributed by atoms with van der Waals surface area (Å²) in [6.45, 7) is 16.0. The van der Waals surface area contributed by atoms with Gasteiger partial charge in [-0.25, -0.2) is 0 Å². The normalized spacial score (nSPS) is 17.0. The van der Waals surface area contributed by atoms with Gasteiger partial charge in [0.2, 0.25) is 0 Å². The van der Waals surface area contributed by atoms with Crippen LogP contribution >= 0.6 is 0 Å². The molecule has 1 unspecified atom stereocenters. The molecule has 0 aromatic rings. The fourth-order valence-corrected chi connectivity index (χ4v) is 3.15. The number of ether oxygens (including phenoxy) is 2. The molecule has 0 aromatic heterocycles. The largest absolute Gasteiger partial charge is 0.483 e. The Morgan fingerprint density at radius 1 is 1.17 bits per heavy atom. The van der Waals surface area contributed by atoms with Crippen molar-refractivity contribution in [3.63, 3.8) is 0 Å². The van der Waals surface area contributed by atoms with Gasteiger partial charge in [0.1, 0.15) is 6.61 Å². The summed E-state index contributed by atoms with van der Waals surface area (Å²) in [7, 11) is 0. The van der Waals surface area contributed by atoms with Gasteiger partial charge in [-0.3, -0.25) is 9.79 Å². The Kier molecular flexibility index (Phi) is 17.0. The van der Waals surface area contributed by atoms with E-state index < -0.39 is 0 Å². The molecule has 8 nitrogen and oxygen atoms in total. The van der Waals surface area contributed by atoms with Gasteiger partial charge in [0.15, 0.2) is 5.76 Å². The van der Waals surface area contributed by atoms with Gasteiger partial charge in [-0.2, -0.15) is 0 Å². The van der Waals surface area contributed by atoms with Crippen LogP contribution in [0.3, 0.4) is 0 Å². The Bertz CT molecular complexity index is 797. The van der Waals surface area contributed by atoms with Crippen LogP contribution in [-0.4, -0.2) is 64.7 Å². The number of rotatable bonds is 18. The predicted octanol–water partition coefficient (Wildman–Crippen LogP) is 3.19. The van der Waals surface area contributed by atoms with Crippen molar-refractivity contribution in [2.45, 2.75) is 41.0 Å². The van der Waals surface area contributed by atoms with Gasteiger partial charge >= 0.3 is 0 Å². The highest BCUT2D eigenvalue weighted by Gasteiger charge is 2.13. The van der Waals surface area contributed by atoms with Gasteiger partial charge in [0.25, 0.3) is 5.91 Å². The molecule has 0 heterocycles. The van der Waals surface area contributed by atoms with E-state index in [9.17, 15) is 4.79 Å². The van der Waals surface area contributed by atoms with E-state index in [2.05, 4.69) is 51.4 Å². The Morgan fingerprint density at radius 3 is 2.69 bits per heavy atom. The lowest BCUT2D eigenvalue weighted by Gasteiger charge is -2.18. The highest BCUT2D eigenvalue weighted by Crippen LogP contribution is 2.17. The van der Waals surface area contributed by atoms with Crippen LogP contribution in [0.4, 0.5) is 0 Å². The van der Waals surface area contributed by atoms with E-state index in [-0.39, 0.29) is 11.7 Å². The predicted molar refractivity (Wildman–Crippen MR) is 145 cm³/mol. The second-order valence-corrected chi connectivity index (χ2v) is 8.17. The van der Waals surface area contributed by atoms with Crippen LogP contribution in [-0.2, 0) is 14.3 Å². The summed E-state index contributed by atoms with van der Waals surface area (Å²) >= 11 is 0. The maximum Gasteiger partial charge on any atom is 0.290 e. The Hall–Kier alpha value is -2.68. The van der Waals surface area contributed by atoms with Crippen LogP contribution in [0, 0.1) is 5.92 Å². The summed E-state index contributed by atoms with van der Waals surface area (Å²) in [5.41, 5.74) is 2.74. The van der Waals surface area contributed by atoms with Crippen LogP contribution in [0.25, 0.3) is 0 Å². The first kappa shape index (κ1) is 30.4. The SMILES string of the molecule is C/C=C(\OCC1=CCC(CNCCOCC)C=C1)C(=O)N/C(C)=C/N=C/C=C(\C)NCCNCC. The van der Waals surface area contributed by atoms with Gasteiger partial charge in [0, 0.05) is 56.6 Å². The van der Waals surface area contributed by atoms with E-state index in [1.54, 1.807) is 32.3 Å². The summed E-state index contributed by atoms with van der Waals surface area (Å²) < 4.78 is 11.1. The molecule has 1 atom stereocenters. The molecule has 35 heavy (non-hydrogen) atoms. The lowest BCUT2D eigenvalue weighted by molar-refractivity contribution is -0.120. The molecule has 196 valence electrons. The van der Waals surface area contributed by atoms with Gasteiger partial charge in [-0.05, 0) is 64.3 Å². The molecule has 0 bridgehead atoms. The van der Waals surface area contributed by atoms with Crippen LogP contribution in [0.2, 0.25) is 0 Å². The number of hydrogen-bond donors (Lipinski definition) is 4. The highest BCUT2D eigenvalue weighted by atomic mass is 16.5. The summed E-state index contributed by atoms with van der Waals surface area (Å²) in [4.78, 5) is 16.8. The molecular weight excluding hydrogens is 442 g/mol. The molecular formula is C27H45N5O3. The zero-order valence-corrected chi connectivity index (χ0v) is 22.2. The first-order valence-corrected chi connectivity index (χ1v) is 12.6. The number of amides is 1. The number of carbonyl (C=O) groups is 1. The number of allylic oxidation sites excluding steroid dienone is 5. The molecule has 0 spiro atoms. The fraction of sp³-hybridized carbons (Fsp3) is 0.556. The van der Waals surface area contributed by atoms with Crippen molar-refractivity contribution in [2.75, 3.05) is 52.5 Å². The van der Waals surface area contributed by atoms with Crippen LogP contribution in [0.5, 0.6) is 0 Å². The quantitative estimate of drug-likeness (QED) is 0.103. The topological polar surface area (TPSA) is 96.0 Å². The van der Waals surface area contributed by atoms with Crippen molar-refractivity contribution < 1.29 is 14.3 Å². The number of carbonyl (C=O) groups excluding carboxylic acids is 1. The van der Waals surface area contributed by atoms with Crippen molar-refractivity contribution in [3.8, 4) is 0 Å². The minimum absolute atomic E-state index is 0.287. The van der Waals surface area contributed by atoms with Crippen molar-refractivity contribution >= 4 is 12.1 Å². The maximum absolute atomic E-state index is 12.5. The molecule has 1 aliphatic carbocycles. The molecule has 0 fully saturated rings. The fourth-order valence-electron chi connectivity index (χ4n) is 3.15. The van der Waals surface area contributed by atoms with Gasteiger partial charge in [0.05, 0.1) is 6.61 Å². The van der Waals surface area contributed by atoms with E-state index in [0.29, 0.717) is 18.2 Å². The minimum Gasteiger partial charge on any atom is -0.483 e. The average Bonchev–Trinajstić information content (AvgIpc) is 2.85. The average molecular weight is 488 g/mol. The van der Waals surface area contributed by atoms with Gasteiger partial charge in [-0.1, -0.05) is 25.2 Å². The Morgan fingerprint density at radius 2 is 2.00 bits per heavy atom. The molecule has 4 N–H and O–H groups in total. The molecule has 1 rings (SSSR count). The third-order valence-corrected chi connectivity index (χ3v) is 5.12. The molecule has 0 saturated carbocycles. The molecule has 0 aliphatic heterocycles. The second kappa shape index (κ2) is 19.6. The third kappa shape index (κ3) is 15.0. The molecule has 0 aromatic carbocycles. The van der Waals surface area contributed by atoms with Crippen LogP contribution < -0.4 is 21.3 Å². The zero-order valence-electron chi connectivity index (χ0n) is 22.2. The van der Waals surface area contributed by atoms with Crippen LogP contribution in [0.15, 0.2) is 64.3 Å². The number of hydrogen-bond acceptors (Lipinski definition) is 7. The van der Waals surface area contributed by atoms with Crippen molar-refractivity contribution in [3.05, 3.63) is 59.3 Å². The summed E-state index contributed by atoms with van der Waals surface area (Å²) in [6, 6.07) is 0. The summed E-state index contributed by atoms with van der Waals surface area (Å²) in [6.07, 6.45) is 14.3. The zero-order chi connectivity index (χ0) is 25.7. The molecule has 1 amide bonds. The monoisotopic (exact) mass is 487 g/mol. The maximum atomic E-state index is 12.5. The summed E-state index contributed by atoms with van der Waals surface area (Å²) in [5, 5.41) is 12.8. The van der Waals surface area contributed by atoms with E-state index in [1.165, 1.54) is 0 Å². The molecule has 0 radical (unpaired) electrons. The van der Waals surface area contributed by atoms with Crippen LogP contribution in [0.1, 0.15) is 41.0 Å². The summed E-state index contributed by atoms with van der Waals surface area (Å²) in [5.74, 6) is 0.465.